The molecule has 1 atom stereocenters. The Labute approximate surface area is 111 Å². The van der Waals surface area contributed by atoms with Gasteiger partial charge in [0.25, 0.3) is 0 Å². The van der Waals surface area contributed by atoms with Gasteiger partial charge in [-0.3, -0.25) is 9.69 Å². The molecular weight excluding hydrogens is 308 g/mol. The van der Waals surface area contributed by atoms with Crippen LogP contribution in [0.4, 0.5) is 5.13 Å². The van der Waals surface area contributed by atoms with Crippen LogP contribution in [-0.2, 0) is 9.53 Å². The maximum atomic E-state index is 11.7. The third kappa shape index (κ3) is 2.50. The summed E-state index contributed by atoms with van der Waals surface area (Å²) in [6.07, 6.45) is 0.526. The van der Waals surface area contributed by atoms with Crippen molar-refractivity contribution in [1.82, 2.24) is 4.98 Å². The van der Waals surface area contributed by atoms with Gasteiger partial charge in [0.1, 0.15) is 0 Å². The van der Waals surface area contributed by atoms with Gasteiger partial charge in [-0.1, -0.05) is 15.9 Å². The van der Waals surface area contributed by atoms with E-state index >= 15 is 0 Å². The minimum Gasteiger partial charge on any atom is -0.464 e. The van der Waals surface area contributed by atoms with Crippen molar-refractivity contribution in [2.24, 2.45) is 5.92 Å². The first-order chi connectivity index (χ1) is 8.15. The van der Waals surface area contributed by atoms with Gasteiger partial charge < -0.3 is 4.74 Å². The zero-order valence-corrected chi connectivity index (χ0v) is 11.6. The van der Waals surface area contributed by atoms with Crippen LogP contribution in [0.15, 0.2) is 5.38 Å². The van der Waals surface area contributed by atoms with E-state index in [0.717, 1.165) is 5.33 Å². The van der Waals surface area contributed by atoms with E-state index in [1.54, 1.807) is 10.3 Å². The zero-order chi connectivity index (χ0) is 12.4. The van der Waals surface area contributed by atoms with Crippen LogP contribution in [0.25, 0.3) is 0 Å². The number of hydrogen-bond donors (Lipinski definition) is 0. The molecule has 1 fully saturated rings. The standard InChI is InChI=1S/C10H11BrN2O3S/c1-16-9(15)7-5-17-10(12-7)13-4-6(3-11)2-8(13)14/h5-6H,2-4H2,1H3. The molecule has 17 heavy (non-hydrogen) atoms. The van der Waals surface area contributed by atoms with Gasteiger partial charge in [0.15, 0.2) is 10.8 Å². The second-order valence-electron chi connectivity index (χ2n) is 3.74. The van der Waals surface area contributed by atoms with Crippen LogP contribution in [0, 0.1) is 5.92 Å². The summed E-state index contributed by atoms with van der Waals surface area (Å²) in [5.74, 6) is -0.107. The fraction of sp³-hybridized carbons (Fsp3) is 0.500. The van der Waals surface area contributed by atoms with E-state index in [9.17, 15) is 9.59 Å². The van der Waals surface area contributed by atoms with E-state index in [1.807, 2.05) is 0 Å². The topological polar surface area (TPSA) is 59.5 Å². The van der Waals surface area contributed by atoms with Crippen molar-refractivity contribution >= 4 is 44.3 Å². The van der Waals surface area contributed by atoms with Gasteiger partial charge in [-0.05, 0) is 5.92 Å². The lowest BCUT2D eigenvalue weighted by Crippen LogP contribution is -2.24. The van der Waals surface area contributed by atoms with Gasteiger partial charge in [0.05, 0.1) is 7.11 Å². The molecule has 1 amide bonds. The largest absolute Gasteiger partial charge is 0.464 e. The monoisotopic (exact) mass is 318 g/mol. The fourth-order valence-electron chi connectivity index (χ4n) is 1.66. The molecule has 0 saturated carbocycles. The molecule has 1 unspecified atom stereocenters. The average Bonchev–Trinajstić information content (AvgIpc) is 2.94. The number of rotatable bonds is 3. The molecule has 0 bridgehead atoms. The summed E-state index contributed by atoms with van der Waals surface area (Å²) in [5.41, 5.74) is 0.252. The molecule has 1 aromatic heterocycles. The van der Waals surface area contributed by atoms with Crippen molar-refractivity contribution in [1.29, 1.82) is 0 Å². The van der Waals surface area contributed by atoms with Crippen molar-refractivity contribution < 1.29 is 14.3 Å². The Morgan fingerprint density at radius 3 is 3.12 bits per heavy atom. The second kappa shape index (κ2) is 5.14. The van der Waals surface area contributed by atoms with Crippen molar-refractivity contribution in [2.75, 3.05) is 23.9 Å². The van der Waals surface area contributed by atoms with Gasteiger partial charge >= 0.3 is 5.97 Å². The SMILES string of the molecule is COC(=O)c1csc(N2CC(CBr)CC2=O)n1. The van der Waals surface area contributed by atoms with Crippen LogP contribution in [0.2, 0.25) is 0 Å². The number of carbonyl (C=O) groups excluding carboxylic acids is 2. The summed E-state index contributed by atoms with van der Waals surface area (Å²) < 4.78 is 4.58. The molecule has 92 valence electrons. The Morgan fingerprint density at radius 1 is 1.76 bits per heavy atom. The fourth-order valence-corrected chi connectivity index (χ4v) is 2.91. The predicted molar refractivity (Wildman–Crippen MR) is 67.7 cm³/mol. The summed E-state index contributed by atoms with van der Waals surface area (Å²) in [5, 5.41) is 2.97. The van der Waals surface area contributed by atoms with Gasteiger partial charge in [0, 0.05) is 23.7 Å². The quantitative estimate of drug-likeness (QED) is 0.628. The molecule has 0 N–H and O–H groups in total. The van der Waals surface area contributed by atoms with Crippen LogP contribution >= 0.6 is 27.3 Å². The summed E-state index contributed by atoms with van der Waals surface area (Å²) in [6, 6.07) is 0. The molecule has 1 aromatic rings. The first-order valence-electron chi connectivity index (χ1n) is 5.06. The van der Waals surface area contributed by atoms with Crippen molar-refractivity contribution in [3.63, 3.8) is 0 Å². The maximum absolute atomic E-state index is 11.7. The molecule has 0 aromatic carbocycles. The molecule has 1 aliphatic heterocycles. The number of hydrogen-bond acceptors (Lipinski definition) is 5. The number of alkyl halides is 1. The number of nitrogens with zero attached hydrogens (tertiary/aromatic N) is 2. The number of aromatic nitrogens is 1. The molecule has 2 heterocycles. The maximum Gasteiger partial charge on any atom is 0.357 e. The predicted octanol–water partition coefficient (Wildman–Crippen LogP) is 1.68. The third-order valence-electron chi connectivity index (χ3n) is 2.54. The van der Waals surface area contributed by atoms with Gasteiger partial charge in [0.2, 0.25) is 5.91 Å². The van der Waals surface area contributed by atoms with E-state index in [2.05, 4.69) is 25.7 Å². The minimum absolute atomic E-state index is 0.0558. The van der Waals surface area contributed by atoms with Crippen molar-refractivity contribution in [2.45, 2.75) is 6.42 Å². The smallest absolute Gasteiger partial charge is 0.357 e. The molecule has 0 radical (unpaired) electrons. The Bertz CT molecular complexity index is 449. The third-order valence-corrected chi connectivity index (χ3v) is 4.32. The Kier molecular flexibility index (Phi) is 3.78. The Hall–Kier alpha value is -0.950. The summed E-state index contributed by atoms with van der Waals surface area (Å²) in [7, 11) is 1.31. The lowest BCUT2D eigenvalue weighted by atomic mass is 10.2. The van der Waals surface area contributed by atoms with Gasteiger partial charge in [-0.15, -0.1) is 11.3 Å². The highest BCUT2D eigenvalue weighted by atomic mass is 79.9. The normalized spacial score (nSPS) is 19.8. The zero-order valence-electron chi connectivity index (χ0n) is 9.18. The highest BCUT2D eigenvalue weighted by molar-refractivity contribution is 9.09. The Morgan fingerprint density at radius 2 is 2.53 bits per heavy atom. The number of methoxy groups -OCH3 is 1. The number of ether oxygens (including phenoxy) is 1. The average molecular weight is 319 g/mol. The summed E-state index contributed by atoms with van der Waals surface area (Å²) in [4.78, 5) is 28.7. The van der Waals surface area contributed by atoms with Crippen LogP contribution in [0.5, 0.6) is 0 Å². The van der Waals surface area contributed by atoms with Crippen LogP contribution in [-0.4, -0.2) is 35.8 Å². The van der Waals surface area contributed by atoms with Gasteiger partial charge in [-0.25, -0.2) is 9.78 Å². The molecule has 1 aliphatic rings. The first-order valence-corrected chi connectivity index (χ1v) is 7.06. The van der Waals surface area contributed by atoms with E-state index in [0.29, 0.717) is 24.0 Å². The molecular formula is C10H11BrN2O3S. The highest BCUT2D eigenvalue weighted by Gasteiger charge is 2.31. The first kappa shape index (κ1) is 12.5. The summed E-state index contributed by atoms with van der Waals surface area (Å²) in [6.45, 7) is 0.651. The summed E-state index contributed by atoms with van der Waals surface area (Å²) >= 11 is 4.66. The lowest BCUT2D eigenvalue weighted by molar-refractivity contribution is -0.117. The molecule has 7 heteroatoms. The van der Waals surface area contributed by atoms with Crippen LogP contribution < -0.4 is 4.90 Å². The lowest BCUT2D eigenvalue weighted by Gasteiger charge is -2.11. The van der Waals surface area contributed by atoms with Gasteiger partial charge in [-0.2, -0.15) is 0 Å². The minimum atomic E-state index is -0.476. The molecule has 0 spiro atoms. The number of thiazole rings is 1. The number of carbonyl (C=O) groups is 2. The number of amides is 1. The van der Waals surface area contributed by atoms with E-state index in [1.165, 1.54) is 18.4 Å². The van der Waals surface area contributed by atoms with E-state index < -0.39 is 5.97 Å². The van der Waals surface area contributed by atoms with Crippen molar-refractivity contribution in [3.8, 4) is 0 Å². The van der Waals surface area contributed by atoms with E-state index in [4.69, 9.17) is 0 Å². The van der Waals surface area contributed by atoms with Crippen LogP contribution in [0.1, 0.15) is 16.9 Å². The molecule has 0 aliphatic carbocycles. The number of halogens is 1. The second-order valence-corrected chi connectivity index (χ2v) is 5.22. The van der Waals surface area contributed by atoms with Crippen LogP contribution in [0.3, 0.4) is 0 Å². The molecule has 2 rings (SSSR count). The van der Waals surface area contributed by atoms with E-state index in [-0.39, 0.29) is 11.6 Å². The Balaban J connectivity index is 2.15. The number of esters is 1. The highest BCUT2D eigenvalue weighted by Crippen LogP contribution is 2.28. The number of anilines is 1. The molecule has 5 nitrogen and oxygen atoms in total. The molecule has 1 saturated heterocycles. The van der Waals surface area contributed by atoms with Crippen molar-refractivity contribution in [3.05, 3.63) is 11.1 Å².